The summed E-state index contributed by atoms with van der Waals surface area (Å²) < 4.78 is 5.51. The van der Waals surface area contributed by atoms with Gasteiger partial charge in [-0.25, -0.2) is 0 Å². The van der Waals surface area contributed by atoms with E-state index in [1.54, 1.807) is 4.90 Å². The summed E-state index contributed by atoms with van der Waals surface area (Å²) in [5, 5.41) is 16.6. The highest BCUT2D eigenvalue weighted by molar-refractivity contribution is 5.69. The molecule has 0 aliphatic rings. The van der Waals surface area contributed by atoms with Gasteiger partial charge >= 0.3 is 5.97 Å². The molecule has 0 fully saturated rings. The summed E-state index contributed by atoms with van der Waals surface area (Å²) in [6.07, 6.45) is 0. The lowest BCUT2D eigenvalue weighted by Gasteiger charge is -2.15. The molecule has 1 aromatic rings. The van der Waals surface area contributed by atoms with E-state index in [0.717, 1.165) is 0 Å². The van der Waals surface area contributed by atoms with E-state index < -0.39 is 5.97 Å². The second kappa shape index (κ2) is 5.27. The van der Waals surface area contributed by atoms with Crippen molar-refractivity contribution >= 4 is 5.97 Å². The Labute approximate surface area is 101 Å². The van der Waals surface area contributed by atoms with Gasteiger partial charge in [-0.2, -0.15) is 0 Å². The molecule has 17 heavy (non-hydrogen) atoms. The Hall–Kier alpha value is -1.43. The van der Waals surface area contributed by atoms with Crippen LogP contribution in [0.1, 0.15) is 39.5 Å². The van der Waals surface area contributed by atoms with Gasteiger partial charge in [0.15, 0.2) is 0 Å². The molecule has 1 N–H and O–H groups in total. The smallest absolute Gasteiger partial charge is 0.317 e. The van der Waals surface area contributed by atoms with Gasteiger partial charge in [0.1, 0.15) is 0 Å². The molecule has 0 saturated carbocycles. The molecule has 0 atom stereocenters. The van der Waals surface area contributed by atoms with E-state index in [-0.39, 0.29) is 12.0 Å². The van der Waals surface area contributed by atoms with Crippen LogP contribution in [-0.4, -0.2) is 39.3 Å². The van der Waals surface area contributed by atoms with Crippen LogP contribution in [0.2, 0.25) is 0 Å². The van der Waals surface area contributed by atoms with E-state index in [9.17, 15) is 4.79 Å². The minimum Gasteiger partial charge on any atom is -0.480 e. The van der Waals surface area contributed by atoms with E-state index in [0.29, 0.717) is 24.9 Å². The predicted octanol–water partition coefficient (Wildman–Crippen LogP) is 1.27. The highest BCUT2D eigenvalue weighted by atomic mass is 16.4. The summed E-state index contributed by atoms with van der Waals surface area (Å²) in [5.74, 6) is 0.166. The second-order valence-electron chi connectivity index (χ2n) is 4.95. The van der Waals surface area contributed by atoms with Crippen LogP contribution >= 0.6 is 0 Å². The van der Waals surface area contributed by atoms with Gasteiger partial charge < -0.3 is 9.52 Å². The molecule has 6 nitrogen and oxygen atoms in total. The largest absolute Gasteiger partial charge is 0.480 e. The number of carbonyl (C=O) groups is 1. The number of hydrogen-bond donors (Lipinski definition) is 1. The number of rotatable bonds is 5. The van der Waals surface area contributed by atoms with Crippen molar-refractivity contribution in [2.45, 2.75) is 39.7 Å². The molecular formula is C11H19N3O3. The molecule has 0 amide bonds. The zero-order valence-electron chi connectivity index (χ0n) is 10.7. The molecule has 0 radical (unpaired) electrons. The standard InChI is InChI=1S/C11H19N3O3/c1-5-14(7-9(15)16)6-8-12-13-10(17-8)11(2,3)4/h5-7H2,1-4H3,(H,15,16). The maximum absolute atomic E-state index is 10.6. The Morgan fingerprint density at radius 1 is 1.41 bits per heavy atom. The molecule has 0 aliphatic heterocycles. The summed E-state index contributed by atoms with van der Waals surface area (Å²) >= 11 is 0. The number of carboxylic acid groups (broad SMARTS) is 1. The van der Waals surface area contributed by atoms with Crippen LogP contribution in [0, 0.1) is 0 Å². The summed E-state index contributed by atoms with van der Waals surface area (Å²) in [6.45, 7) is 8.82. The van der Waals surface area contributed by atoms with Crippen LogP contribution in [0.25, 0.3) is 0 Å². The Bertz CT molecular complexity index is 382. The lowest BCUT2D eigenvalue weighted by Crippen LogP contribution is -2.29. The van der Waals surface area contributed by atoms with Crippen molar-refractivity contribution in [3.05, 3.63) is 11.8 Å². The third-order valence-electron chi connectivity index (χ3n) is 2.27. The van der Waals surface area contributed by atoms with E-state index in [4.69, 9.17) is 9.52 Å². The molecule has 6 heteroatoms. The number of carboxylic acids is 1. The fourth-order valence-electron chi connectivity index (χ4n) is 1.28. The van der Waals surface area contributed by atoms with Crippen LogP contribution < -0.4 is 0 Å². The first-order valence-corrected chi connectivity index (χ1v) is 5.60. The molecule has 0 aliphatic carbocycles. The molecule has 1 heterocycles. The van der Waals surface area contributed by atoms with Gasteiger partial charge in [0.25, 0.3) is 0 Å². The van der Waals surface area contributed by atoms with Crippen LogP contribution in [-0.2, 0) is 16.8 Å². The monoisotopic (exact) mass is 241 g/mol. The average Bonchev–Trinajstić information content (AvgIpc) is 2.63. The van der Waals surface area contributed by atoms with Crippen molar-refractivity contribution in [2.75, 3.05) is 13.1 Å². The number of hydrogen-bond acceptors (Lipinski definition) is 5. The summed E-state index contributed by atoms with van der Waals surface area (Å²) in [7, 11) is 0. The molecule has 0 aromatic carbocycles. The van der Waals surface area contributed by atoms with Crippen molar-refractivity contribution in [2.24, 2.45) is 0 Å². The van der Waals surface area contributed by atoms with E-state index in [1.165, 1.54) is 0 Å². The van der Waals surface area contributed by atoms with Crippen molar-refractivity contribution in [3.63, 3.8) is 0 Å². The fraction of sp³-hybridized carbons (Fsp3) is 0.727. The van der Waals surface area contributed by atoms with Gasteiger partial charge in [-0.05, 0) is 6.54 Å². The zero-order valence-corrected chi connectivity index (χ0v) is 10.7. The van der Waals surface area contributed by atoms with Gasteiger partial charge in [-0.15, -0.1) is 10.2 Å². The molecule has 96 valence electrons. The predicted molar refractivity (Wildman–Crippen MR) is 61.6 cm³/mol. The molecule has 0 bridgehead atoms. The summed E-state index contributed by atoms with van der Waals surface area (Å²) in [5.41, 5.74) is -0.185. The lowest BCUT2D eigenvalue weighted by atomic mass is 9.97. The number of nitrogens with zero attached hydrogens (tertiary/aromatic N) is 3. The van der Waals surface area contributed by atoms with Crippen molar-refractivity contribution in [3.8, 4) is 0 Å². The molecule has 1 aromatic heterocycles. The third-order valence-corrected chi connectivity index (χ3v) is 2.27. The fourth-order valence-corrected chi connectivity index (χ4v) is 1.28. The van der Waals surface area contributed by atoms with Gasteiger partial charge in [0.05, 0.1) is 13.1 Å². The minimum absolute atomic E-state index is 0.0241. The lowest BCUT2D eigenvalue weighted by molar-refractivity contribution is -0.138. The van der Waals surface area contributed by atoms with E-state index >= 15 is 0 Å². The van der Waals surface area contributed by atoms with Crippen molar-refractivity contribution < 1.29 is 14.3 Å². The van der Waals surface area contributed by atoms with Gasteiger partial charge in [0.2, 0.25) is 11.8 Å². The van der Waals surface area contributed by atoms with Crippen molar-refractivity contribution in [1.82, 2.24) is 15.1 Å². The number of aliphatic carboxylic acids is 1. The SMILES string of the molecule is CCN(CC(=O)O)Cc1nnc(C(C)(C)C)o1. The Morgan fingerprint density at radius 2 is 2.06 bits per heavy atom. The van der Waals surface area contributed by atoms with E-state index in [1.807, 2.05) is 27.7 Å². The van der Waals surface area contributed by atoms with Crippen LogP contribution in [0.4, 0.5) is 0 Å². The van der Waals surface area contributed by atoms with Gasteiger partial charge in [-0.1, -0.05) is 27.7 Å². The quantitative estimate of drug-likeness (QED) is 0.836. The number of likely N-dealkylation sites (N-methyl/N-ethyl adjacent to an activating group) is 1. The van der Waals surface area contributed by atoms with Gasteiger partial charge in [-0.3, -0.25) is 9.69 Å². The molecule has 1 rings (SSSR count). The first-order chi connectivity index (χ1) is 7.82. The first-order valence-electron chi connectivity index (χ1n) is 5.60. The Balaban J connectivity index is 2.68. The van der Waals surface area contributed by atoms with Gasteiger partial charge in [0, 0.05) is 5.41 Å². The van der Waals surface area contributed by atoms with Crippen molar-refractivity contribution in [1.29, 1.82) is 0 Å². The second-order valence-corrected chi connectivity index (χ2v) is 4.95. The average molecular weight is 241 g/mol. The molecule has 0 saturated heterocycles. The topological polar surface area (TPSA) is 79.5 Å². The maximum Gasteiger partial charge on any atom is 0.317 e. The maximum atomic E-state index is 10.6. The summed E-state index contributed by atoms with van der Waals surface area (Å²) in [6, 6.07) is 0. The normalized spacial score (nSPS) is 12.1. The molecule has 0 spiro atoms. The Kier molecular flexibility index (Phi) is 4.22. The third kappa shape index (κ3) is 4.14. The highest BCUT2D eigenvalue weighted by Crippen LogP contribution is 2.20. The van der Waals surface area contributed by atoms with Crippen LogP contribution in [0.5, 0.6) is 0 Å². The first kappa shape index (κ1) is 13.6. The van der Waals surface area contributed by atoms with Crippen LogP contribution in [0.3, 0.4) is 0 Å². The number of aromatic nitrogens is 2. The zero-order chi connectivity index (χ0) is 13.1. The van der Waals surface area contributed by atoms with Crippen LogP contribution in [0.15, 0.2) is 4.42 Å². The minimum atomic E-state index is -0.859. The summed E-state index contributed by atoms with van der Waals surface area (Å²) in [4.78, 5) is 12.3. The highest BCUT2D eigenvalue weighted by Gasteiger charge is 2.22. The van der Waals surface area contributed by atoms with E-state index in [2.05, 4.69) is 10.2 Å². The Morgan fingerprint density at radius 3 is 2.47 bits per heavy atom. The molecular weight excluding hydrogens is 222 g/mol. The molecule has 0 unspecified atom stereocenters.